The number of hydrogen-bond donors (Lipinski definition) is 0. The van der Waals surface area contributed by atoms with Crippen LogP contribution in [0.5, 0.6) is 0 Å². The molecule has 0 aromatic heterocycles. The molecule has 2 aliphatic heterocycles. The van der Waals surface area contributed by atoms with E-state index in [1.54, 1.807) is 0 Å². The number of hydrogen-bond acceptors (Lipinski definition) is 17. The molecule has 0 aliphatic carbocycles. The summed E-state index contributed by atoms with van der Waals surface area (Å²) in [6.45, 7) is 7.38. The molecule has 17 nitrogen and oxygen atoms in total. The maximum absolute atomic E-state index is 12.2. The summed E-state index contributed by atoms with van der Waals surface area (Å²) < 4.78 is 55.1. The highest BCUT2D eigenvalue weighted by Gasteiger charge is 2.54. The highest BCUT2D eigenvalue weighted by atomic mass is 16.7. The molecule has 0 saturated carbocycles. The summed E-state index contributed by atoms with van der Waals surface area (Å²) in [5, 5.41) is 0. The molecule has 0 aromatic rings. The van der Waals surface area contributed by atoms with E-state index >= 15 is 0 Å². The summed E-state index contributed by atoms with van der Waals surface area (Å²) in [5.41, 5.74) is 0. The van der Waals surface area contributed by atoms with Gasteiger partial charge in [0, 0.05) is 55.6 Å². The fourth-order valence-corrected chi connectivity index (χ4v) is 5.16. The number of rotatable bonds is 12. The van der Waals surface area contributed by atoms with Gasteiger partial charge in [0.15, 0.2) is 42.9 Å². The van der Waals surface area contributed by atoms with E-state index in [0.29, 0.717) is 0 Å². The first kappa shape index (κ1) is 37.4. The van der Waals surface area contributed by atoms with Crippen LogP contribution in [0.25, 0.3) is 0 Å². The number of methoxy groups -OCH3 is 1. The maximum atomic E-state index is 12.2. The predicted octanol–water partition coefficient (Wildman–Crippen LogP) is 0.0586. The standard InChI is InChI=1S/C28H40O17/c1-12(29)37-11-21-24(40-15(4)32)25(41-16(5)33)22(38-13(2)30)19(44-21)9-10-20-23(39-14(3)31)26(42-17(6)34)27(43-18(7)35)28(36-8)45-20/h19-28H,9-11H2,1-8H3/t19-,20+,21+,22-,23+,24+,25+,26-,27+,28-/m0/s1. The van der Waals surface area contributed by atoms with Gasteiger partial charge in [-0.25, -0.2) is 0 Å². The van der Waals surface area contributed by atoms with E-state index in [1.807, 2.05) is 0 Å². The summed E-state index contributed by atoms with van der Waals surface area (Å²) in [7, 11) is 1.26. The maximum Gasteiger partial charge on any atom is 0.303 e. The first-order valence-corrected chi connectivity index (χ1v) is 14.0. The van der Waals surface area contributed by atoms with E-state index in [1.165, 1.54) is 7.11 Å². The molecule has 0 spiro atoms. The second-order valence-corrected chi connectivity index (χ2v) is 10.3. The van der Waals surface area contributed by atoms with Crippen molar-refractivity contribution in [1.29, 1.82) is 0 Å². The van der Waals surface area contributed by atoms with Crippen LogP contribution < -0.4 is 0 Å². The number of carbonyl (C=O) groups is 7. The summed E-state index contributed by atoms with van der Waals surface area (Å²) in [6.07, 6.45) is -12.8. The van der Waals surface area contributed by atoms with Crippen LogP contribution in [0.15, 0.2) is 0 Å². The van der Waals surface area contributed by atoms with E-state index in [-0.39, 0.29) is 12.8 Å². The van der Waals surface area contributed by atoms with Crippen LogP contribution >= 0.6 is 0 Å². The molecule has 2 fully saturated rings. The lowest BCUT2D eigenvalue weighted by atomic mass is 9.89. The van der Waals surface area contributed by atoms with Crippen molar-refractivity contribution in [3.63, 3.8) is 0 Å². The molecular weight excluding hydrogens is 608 g/mol. The molecule has 2 rings (SSSR count). The van der Waals surface area contributed by atoms with Crippen molar-refractivity contribution in [2.24, 2.45) is 0 Å². The molecule has 0 N–H and O–H groups in total. The van der Waals surface area contributed by atoms with Crippen molar-refractivity contribution in [3.05, 3.63) is 0 Å². The zero-order valence-corrected chi connectivity index (χ0v) is 26.3. The molecule has 0 radical (unpaired) electrons. The quantitative estimate of drug-likeness (QED) is 0.202. The molecule has 10 atom stereocenters. The molecular formula is C28H40O17. The number of carbonyl (C=O) groups excluding carboxylic acids is 7. The lowest BCUT2D eigenvalue weighted by Gasteiger charge is -2.46. The fraction of sp³-hybridized carbons (Fsp3) is 0.750. The Morgan fingerprint density at radius 3 is 1.16 bits per heavy atom. The topological polar surface area (TPSA) is 212 Å². The molecule has 2 heterocycles. The predicted molar refractivity (Wildman–Crippen MR) is 144 cm³/mol. The first-order valence-electron chi connectivity index (χ1n) is 14.0. The second kappa shape index (κ2) is 17.0. The number of ether oxygens (including phenoxy) is 10. The Labute approximate surface area is 259 Å². The Hall–Kier alpha value is -3.83. The summed E-state index contributed by atoms with van der Waals surface area (Å²) >= 11 is 0. The number of esters is 7. The zero-order chi connectivity index (χ0) is 34.0. The SMILES string of the molecule is CO[C@H]1O[C@H](CC[C@@H]2O[C@H](COC(C)=O)[C@@H](OC(C)=O)[C@H](OC(C)=O)[C@H]2OC(C)=O)[C@@H](OC(C)=O)[C@H](OC(C)=O)[C@H]1OC(C)=O. The largest absolute Gasteiger partial charge is 0.463 e. The van der Waals surface area contributed by atoms with Gasteiger partial charge in [0.2, 0.25) is 0 Å². The minimum Gasteiger partial charge on any atom is -0.463 e. The molecule has 0 bridgehead atoms. The highest BCUT2D eigenvalue weighted by Crippen LogP contribution is 2.35. The molecule has 2 saturated heterocycles. The van der Waals surface area contributed by atoms with Gasteiger partial charge in [0.25, 0.3) is 0 Å². The monoisotopic (exact) mass is 648 g/mol. The molecule has 45 heavy (non-hydrogen) atoms. The van der Waals surface area contributed by atoms with Crippen molar-refractivity contribution < 1.29 is 80.9 Å². The Morgan fingerprint density at radius 1 is 0.444 bits per heavy atom. The minimum atomic E-state index is -1.39. The normalized spacial score (nSPS) is 31.0. The van der Waals surface area contributed by atoms with Gasteiger partial charge in [0.1, 0.15) is 18.8 Å². The second-order valence-electron chi connectivity index (χ2n) is 10.3. The fourth-order valence-electron chi connectivity index (χ4n) is 5.16. The smallest absolute Gasteiger partial charge is 0.303 e. The third kappa shape index (κ3) is 11.2. The Kier molecular flexibility index (Phi) is 14.1. The minimum absolute atomic E-state index is 0.0594. The van der Waals surface area contributed by atoms with E-state index in [4.69, 9.17) is 47.4 Å². The van der Waals surface area contributed by atoms with E-state index in [9.17, 15) is 33.6 Å². The lowest BCUT2D eigenvalue weighted by Crippen LogP contribution is -2.63. The first-order chi connectivity index (χ1) is 21.0. The Morgan fingerprint density at radius 2 is 0.778 bits per heavy atom. The van der Waals surface area contributed by atoms with Crippen LogP contribution in [0.1, 0.15) is 61.3 Å². The molecule has 0 unspecified atom stereocenters. The van der Waals surface area contributed by atoms with Crippen LogP contribution in [0.4, 0.5) is 0 Å². The van der Waals surface area contributed by atoms with Gasteiger partial charge in [0.05, 0.1) is 6.10 Å². The molecule has 2 aliphatic rings. The van der Waals surface area contributed by atoms with E-state index < -0.39 is 110 Å². The molecule has 254 valence electrons. The average molecular weight is 649 g/mol. The van der Waals surface area contributed by atoms with Crippen LogP contribution in [-0.2, 0) is 80.9 Å². The van der Waals surface area contributed by atoms with Crippen LogP contribution in [0, 0.1) is 0 Å². The molecule has 0 amide bonds. The van der Waals surface area contributed by atoms with Gasteiger partial charge in [-0.2, -0.15) is 0 Å². The van der Waals surface area contributed by atoms with Gasteiger partial charge in [-0.15, -0.1) is 0 Å². The summed E-state index contributed by atoms with van der Waals surface area (Å²) in [5.74, 6) is -5.32. The van der Waals surface area contributed by atoms with Gasteiger partial charge in [-0.3, -0.25) is 33.6 Å². The lowest BCUT2D eigenvalue weighted by molar-refractivity contribution is -0.301. The highest BCUT2D eigenvalue weighted by molar-refractivity contribution is 5.69. The van der Waals surface area contributed by atoms with Crippen molar-refractivity contribution in [1.82, 2.24) is 0 Å². The zero-order valence-electron chi connectivity index (χ0n) is 26.3. The van der Waals surface area contributed by atoms with Crippen LogP contribution in [0.2, 0.25) is 0 Å². The van der Waals surface area contributed by atoms with Gasteiger partial charge >= 0.3 is 41.8 Å². The molecule has 0 aromatic carbocycles. The van der Waals surface area contributed by atoms with Gasteiger partial charge in [-0.05, 0) is 12.8 Å². The Bertz CT molecular complexity index is 1100. The van der Waals surface area contributed by atoms with Gasteiger partial charge in [-0.1, -0.05) is 0 Å². The third-order valence-electron chi connectivity index (χ3n) is 6.55. The summed E-state index contributed by atoms with van der Waals surface area (Å²) in [6, 6.07) is 0. The van der Waals surface area contributed by atoms with E-state index in [2.05, 4.69) is 0 Å². The van der Waals surface area contributed by atoms with Crippen molar-refractivity contribution in [3.8, 4) is 0 Å². The van der Waals surface area contributed by atoms with Crippen LogP contribution in [-0.4, -0.2) is 117 Å². The molecule has 17 heteroatoms. The average Bonchev–Trinajstić information content (AvgIpc) is 2.90. The van der Waals surface area contributed by atoms with E-state index in [0.717, 1.165) is 48.5 Å². The summed E-state index contributed by atoms with van der Waals surface area (Å²) in [4.78, 5) is 83.9. The van der Waals surface area contributed by atoms with Crippen LogP contribution in [0.3, 0.4) is 0 Å². The van der Waals surface area contributed by atoms with Crippen molar-refractivity contribution in [2.75, 3.05) is 13.7 Å². The Balaban J connectivity index is 2.51. The van der Waals surface area contributed by atoms with Crippen molar-refractivity contribution in [2.45, 2.75) is 123 Å². The van der Waals surface area contributed by atoms with Gasteiger partial charge < -0.3 is 47.4 Å². The third-order valence-corrected chi connectivity index (χ3v) is 6.55. The van der Waals surface area contributed by atoms with Crippen molar-refractivity contribution >= 4 is 41.8 Å².